The molecule has 1 fully saturated rings. The molecule has 0 amide bonds. The molecule has 0 aromatic carbocycles. The zero-order valence-corrected chi connectivity index (χ0v) is 11.3. The third kappa shape index (κ3) is 2.00. The Morgan fingerprint density at radius 2 is 2.18 bits per heavy atom. The fourth-order valence-electron chi connectivity index (χ4n) is 4.70. The summed E-state index contributed by atoms with van der Waals surface area (Å²) in [5.74, 6) is 4.01. The maximum absolute atomic E-state index is 3.84. The highest BCUT2D eigenvalue weighted by Crippen LogP contribution is 2.57. The van der Waals surface area contributed by atoms with Crippen molar-refractivity contribution in [3.8, 4) is 0 Å². The molecule has 0 spiro atoms. The molecule has 0 saturated heterocycles. The summed E-state index contributed by atoms with van der Waals surface area (Å²) in [6, 6.07) is 0. The summed E-state index contributed by atoms with van der Waals surface area (Å²) in [5.41, 5.74) is 3.86. The van der Waals surface area contributed by atoms with Crippen molar-refractivity contribution in [2.45, 2.75) is 58.3 Å². The molecule has 0 radical (unpaired) electrons. The van der Waals surface area contributed by atoms with Crippen LogP contribution in [-0.2, 0) is 0 Å². The fraction of sp³-hybridized carbons (Fsp3) is 0.765. The molecule has 4 atom stereocenters. The highest BCUT2D eigenvalue weighted by Gasteiger charge is 2.45. The third-order valence-electron chi connectivity index (χ3n) is 5.51. The lowest BCUT2D eigenvalue weighted by Gasteiger charge is -2.32. The van der Waals surface area contributed by atoms with E-state index in [9.17, 15) is 0 Å². The smallest absolute Gasteiger partial charge is 0.0166 e. The van der Waals surface area contributed by atoms with Gasteiger partial charge in [-0.3, -0.25) is 0 Å². The summed E-state index contributed by atoms with van der Waals surface area (Å²) in [6.07, 6.45) is 13.5. The minimum atomic E-state index is 0.965. The van der Waals surface area contributed by atoms with Crippen molar-refractivity contribution in [1.82, 2.24) is 0 Å². The second-order valence-electron chi connectivity index (χ2n) is 6.65. The standard InChI is InChI=1S/C17H26/c1-3-4-5-6-13-10-14-11-17(13)15-8-7-12(2)9-16(14)15/h3,12-14,17H,1,4-11H2,2H3. The number of hydrogen-bond donors (Lipinski definition) is 0. The second-order valence-corrected chi connectivity index (χ2v) is 6.65. The van der Waals surface area contributed by atoms with Crippen LogP contribution in [0.25, 0.3) is 0 Å². The van der Waals surface area contributed by atoms with Crippen molar-refractivity contribution in [3.05, 3.63) is 23.8 Å². The molecule has 0 nitrogen and oxygen atoms in total. The van der Waals surface area contributed by atoms with Gasteiger partial charge in [0.25, 0.3) is 0 Å². The Hall–Kier alpha value is -0.520. The SMILES string of the molecule is C=CCCCC1CC2CC1C1=C2CC(C)CC1. The average Bonchev–Trinajstić information content (AvgIpc) is 2.87. The monoisotopic (exact) mass is 230 g/mol. The van der Waals surface area contributed by atoms with E-state index in [1.54, 1.807) is 0 Å². The van der Waals surface area contributed by atoms with E-state index in [-0.39, 0.29) is 0 Å². The molecule has 3 aliphatic carbocycles. The summed E-state index contributed by atoms with van der Waals surface area (Å²) < 4.78 is 0. The number of rotatable bonds is 4. The Morgan fingerprint density at radius 3 is 3.00 bits per heavy atom. The Kier molecular flexibility index (Phi) is 3.15. The van der Waals surface area contributed by atoms with E-state index in [0.717, 1.165) is 23.7 Å². The van der Waals surface area contributed by atoms with Crippen LogP contribution in [0.15, 0.2) is 23.8 Å². The Morgan fingerprint density at radius 1 is 1.29 bits per heavy atom. The van der Waals surface area contributed by atoms with Crippen LogP contribution in [0.2, 0.25) is 0 Å². The average molecular weight is 230 g/mol. The summed E-state index contributed by atoms with van der Waals surface area (Å²) in [5, 5.41) is 0. The van der Waals surface area contributed by atoms with Gasteiger partial charge in [-0.2, -0.15) is 0 Å². The van der Waals surface area contributed by atoms with Gasteiger partial charge >= 0.3 is 0 Å². The largest absolute Gasteiger partial charge is 0.103 e. The van der Waals surface area contributed by atoms with E-state index in [1.807, 2.05) is 11.1 Å². The van der Waals surface area contributed by atoms with E-state index in [0.29, 0.717) is 0 Å². The quantitative estimate of drug-likeness (QED) is 0.465. The van der Waals surface area contributed by atoms with Gasteiger partial charge in [0.2, 0.25) is 0 Å². The van der Waals surface area contributed by atoms with Gasteiger partial charge in [0.05, 0.1) is 0 Å². The van der Waals surface area contributed by atoms with Crippen molar-refractivity contribution >= 4 is 0 Å². The van der Waals surface area contributed by atoms with Crippen LogP contribution in [0.1, 0.15) is 58.3 Å². The predicted molar refractivity (Wildman–Crippen MR) is 73.8 cm³/mol. The normalized spacial score (nSPS) is 39.6. The molecule has 0 heteroatoms. The number of allylic oxidation sites excluding steroid dienone is 3. The first-order valence-electron chi connectivity index (χ1n) is 7.62. The summed E-state index contributed by atoms with van der Waals surface area (Å²) in [6.45, 7) is 6.28. The third-order valence-corrected chi connectivity index (χ3v) is 5.51. The van der Waals surface area contributed by atoms with Crippen LogP contribution in [0.3, 0.4) is 0 Å². The van der Waals surface area contributed by atoms with Gasteiger partial charge in [-0.05, 0) is 75.0 Å². The molecule has 2 bridgehead atoms. The molecule has 0 heterocycles. The van der Waals surface area contributed by atoms with E-state index in [4.69, 9.17) is 0 Å². The molecular formula is C17H26. The zero-order chi connectivity index (χ0) is 11.8. The van der Waals surface area contributed by atoms with Crippen LogP contribution in [0, 0.1) is 23.7 Å². The molecule has 1 saturated carbocycles. The first kappa shape index (κ1) is 11.6. The first-order valence-corrected chi connectivity index (χ1v) is 7.62. The topological polar surface area (TPSA) is 0 Å². The van der Waals surface area contributed by atoms with Gasteiger partial charge in [-0.1, -0.05) is 24.1 Å². The molecule has 0 aromatic rings. The van der Waals surface area contributed by atoms with Crippen molar-refractivity contribution in [2.24, 2.45) is 23.7 Å². The van der Waals surface area contributed by atoms with E-state index < -0.39 is 0 Å². The lowest BCUT2D eigenvalue weighted by Crippen LogP contribution is -2.19. The molecule has 0 aliphatic heterocycles. The Bertz CT molecular complexity index is 336. The first-order chi connectivity index (χ1) is 8.29. The summed E-state index contributed by atoms with van der Waals surface area (Å²) >= 11 is 0. The van der Waals surface area contributed by atoms with Crippen molar-refractivity contribution in [3.63, 3.8) is 0 Å². The van der Waals surface area contributed by atoms with Crippen molar-refractivity contribution in [1.29, 1.82) is 0 Å². The van der Waals surface area contributed by atoms with Gasteiger partial charge in [0.15, 0.2) is 0 Å². The molecule has 0 aromatic heterocycles. The minimum absolute atomic E-state index is 0.965. The molecule has 0 N–H and O–H groups in total. The van der Waals surface area contributed by atoms with Crippen LogP contribution in [0.4, 0.5) is 0 Å². The van der Waals surface area contributed by atoms with Gasteiger partial charge in [0.1, 0.15) is 0 Å². The van der Waals surface area contributed by atoms with Crippen molar-refractivity contribution in [2.75, 3.05) is 0 Å². The van der Waals surface area contributed by atoms with E-state index in [2.05, 4.69) is 19.6 Å². The molecule has 4 unspecified atom stereocenters. The van der Waals surface area contributed by atoms with Gasteiger partial charge in [-0.15, -0.1) is 6.58 Å². The van der Waals surface area contributed by atoms with E-state index in [1.165, 1.54) is 51.4 Å². The van der Waals surface area contributed by atoms with Gasteiger partial charge in [0, 0.05) is 0 Å². The molecule has 94 valence electrons. The Balaban J connectivity index is 1.66. The maximum atomic E-state index is 3.84. The molecule has 3 aliphatic rings. The summed E-state index contributed by atoms with van der Waals surface area (Å²) in [4.78, 5) is 0. The predicted octanol–water partition coefficient (Wildman–Crippen LogP) is 5.12. The zero-order valence-electron chi connectivity index (χ0n) is 11.3. The molecule has 17 heavy (non-hydrogen) atoms. The number of fused-ring (bicyclic) bond motifs is 4. The lowest BCUT2D eigenvalue weighted by atomic mass is 9.73. The number of unbranched alkanes of at least 4 members (excludes halogenated alkanes) is 1. The van der Waals surface area contributed by atoms with Crippen LogP contribution in [0.5, 0.6) is 0 Å². The highest BCUT2D eigenvalue weighted by atomic mass is 14.5. The van der Waals surface area contributed by atoms with Crippen LogP contribution < -0.4 is 0 Å². The van der Waals surface area contributed by atoms with E-state index >= 15 is 0 Å². The maximum Gasteiger partial charge on any atom is -0.0166 e. The molecule has 3 rings (SSSR count). The number of hydrogen-bond acceptors (Lipinski definition) is 0. The molecular weight excluding hydrogens is 204 g/mol. The summed E-state index contributed by atoms with van der Waals surface area (Å²) in [7, 11) is 0. The van der Waals surface area contributed by atoms with Gasteiger partial charge in [-0.25, -0.2) is 0 Å². The second kappa shape index (κ2) is 4.63. The minimum Gasteiger partial charge on any atom is -0.103 e. The highest BCUT2D eigenvalue weighted by molar-refractivity contribution is 5.32. The van der Waals surface area contributed by atoms with Crippen LogP contribution >= 0.6 is 0 Å². The van der Waals surface area contributed by atoms with Gasteiger partial charge < -0.3 is 0 Å². The Labute approximate surface area is 106 Å². The van der Waals surface area contributed by atoms with Crippen molar-refractivity contribution < 1.29 is 0 Å². The fourth-order valence-corrected chi connectivity index (χ4v) is 4.70. The van der Waals surface area contributed by atoms with Crippen LogP contribution in [-0.4, -0.2) is 0 Å². The lowest BCUT2D eigenvalue weighted by molar-refractivity contribution is 0.349.